The molecule has 0 atom stereocenters. The fourth-order valence-electron chi connectivity index (χ4n) is 0.811. The standard InChI is InChI=1S/C8H8Cl2F2N4/c1-16(2)3-13-8-14-5(9)4(7(11)12)6(10)15-8/h3,7H,1-2H3/b13-3-. The van der Waals surface area contributed by atoms with E-state index >= 15 is 0 Å². The van der Waals surface area contributed by atoms with Gasteiger partial charge in [0.05, 0.1) is 11.9 Å². The molecule has 0 bridgehead atoms. The third-order valence-corrected chi connectivity index (χ3v) is 2.04. The molecule has 88 valence electrons. The Labute approximate surface area is 101 Å². The van der Waals surface area contributed by atoms with Gasteiger partial charge in [-0.2, -0.15) is 9.97 Å². The van der Waals surface area contributed by atoms with Crippen molar-refractivity contribution < 1.29 is 8.78 Å². The maximum atomic E-state index is 12.4. The third kappa shape index (κ3) is 3.24. The Morgan fingerprint density at radius 3 is 2.12 bits per heavy atom. The molecule has 0 saturated carbocycles. The van der Waals surface area contributed by atoms with Crippen molar-refractivity contribution in [3.8, 4) is 0 Å². The quantitative estimate of drug-likeness (QED) is 0.481. The molecule has 0 aliphatic heterocycles. The molecule has 0 spiro atoms. The molecule has 0 aromatic carbocycles. The van der Waals surface area contributed by atoms with E-state index in [0.29, 0.717) is 0 Å². The Bertz CT molecular complexity index is 386. The van der Waals surface area contributed by atoms with Gasteiger partial charge in [0, 0.05) is 14.1 Å². The van der Waals surface area contributed by atoms with Gasteiger partial charge in [0.25, 0.3) is 12.4 Å². The van der Waals surface area contributed by atoms with E-state index in [-0.39, 0.29) is 16.3 Å². The lowest BCUT2D eigenvalue weighted by Gasteiger charge is -2.05. The Hall–Kier alpha value is -1.01. The van der Waals surface area contributed by atoms with Crippen LogP contribution in [0.2, 0.25) is 10.3 Å². The number of nitrogens with zero attached hydrogens (tertiary/aromatic N) is 4. The summed E-state index contributed by atoms with van der Waals surface area (Å²) in [6, 6.07) is 0. The zero-order valence-corrected chi connectivity index (χ0v) is 9.97. The normalized spacial score (nSPS) is 11.4. The van der Waals surface area contributed by atoms with Crippen molar-refractivity contribution in [2.24, 2.45) is 4.99 Å². The van der Waals surface area contributed by atoms with Gasteiger partial charge in [0.15, 0.2) is 0 Å². The fourth-order valence-corrected chi connectivity index (χ4v) is 1.35. The smallest absolute Gasteiger partial charge is 0.269 e. The van der Waals surface area contributed by atoms with E-state index in [1.54, 1.807) is 19.0 Å². The summed E-state index contributed by atoms with van der Waals surface area (Å²) in [5, 5.41) is -0.776. The molecule has 16 heavy (non-hydrogen) atoms. The largest absolute Gasteiger partial charge is 0.369 e. The summed E-state index contributed by atoms with van der Waals surface area (Å²) in [5.41, 5.74) is -0.577. The van der Waals surface area contributed by atoms with E-state index in [0.717, 1.165) is 0 Å². The lowest BCUT2D eigenvalue weighted by molar-refractivity contribution is 0.151. The van der Waals surface area contributed by atoms with Crippen LogP contribution in [0.25, 0.3) is 0 Å². The van der Waals surface area contributed by atoms with Crippen LogP contribution >= 0.6 is 23.2 Å². The molecule has 0 saturated heterocycles. The van der Waals surface area contributed by atoms with Crippen molar-refractivity contribution in [1.29, 1.82) is 0 Å². The van der Waals surface area contributed by atoms with Crippen LogP contribution in [-0.4, -0.2) is 35.3 Å². The molecule has 0 radical (unpaired) electrons. The van der Waals surface area contributed by atoms with Gasteiger partial charge in [-0.3, -0.25) is 0 Å². The first kappa shape index (κ1) is 13.1. The van der Waals surface area contributed by atoms with Gasteiger partial charge in [-0.15, -0.1) is 0 Å². The summed E-state index contributed by atoms with van der Waals surface area (Å²) in [4.78, 5) is 12.6. The predicted molar refractivity (Wildman–Crippen MR) is 58.8 cm³/mol. The van der Waals surface area contributed by atoms with Crippen LogP contribution < -0.4 is 0 Å². The molecule has 0 amide bonds. The average molecular weight is 269 g/mol. The molecule has 8 heteroatoms. The Balaban J connectivity index is 3.10. The minimum absolute atomic E-state index is 0.0619. The Morgan fingerprint density at radius 1 is 1.25 bits per heavy atom. The van der Waals surface area contributed by atoms with Gasteiger partial charge in [-0.25, -0.2) is 13.8 Å². The van der Waals surface area contributed by atoms with Gasteiger partial charge in [0.1, 0.15) is 10.3 Å². The van der Waals surface area contributed by atoms with E-state index in [2.05, 4.69) is 15.0 Å². The molecule has 0 fully saturated rings. The lowest BCUT2D eigenvalue weighted by Crippen LogP contribution is -2.07. The molecular formula is C8H8Cl2F2N4. The SMILES string of the molecule is CN(C)/C=N\c1nc(Cl)c(C(F)F)c(Cl)n1. The van der Waals surface area contributed by atoms with Gasteiger partial charge in [-0.05, 0) is 0 Å². The van der Waals surface area contributed by atoms with Crippen molar-refractivity contribution in [1.82, 2.24) is 14.9 Å². The van der Waals surface area contributed by atoms with Crippen molar-refractivity contribution in [2.45, 2.75) is 6.43 Å². The molecule has 1 heterocycles. The maximum absolute atomic E-state index is 12.4. The number of hydrogen-bond donors (Lipinski definition) is 0. The van der Waals surface area contributed by atoms with Gasteiger partial charge < -0.3 is 4.90 Å². The van der Waals surface area contributed by atoms with E-state index < -0.39 is 12.0 Å². The van der Waals surface area contributed by atoms with Gasteiger partial charge in [0.2, 0.25) is 0 Å². The van der Waals surface area contributed by atoms with Crippen LogP contribution in [0, 0.1) is 0 Å². The zero-order valence-electron chi connectivity index (χ0n) is 8.46. The fraction of sp³-hybridized carbons (Fsp3) is 0.375. The molecule has 0 unspecified atom stereocenters. The highest BCUT2D eigenvalue weighted by atomic mass is 35.5. The number of hydrogen-bond acceptors (Lipinski definition) is 3. The Kier molecular flexibility index (Phi) is 4.37. The number of halogens is 4. The summed E-state index contributed by atoms with van der Waals surface area (Å²) in [6.45, 7) is 0. The monoisotopic (exact) mass is 268 g/mol. The van der Waals surface area contributed by atoms with E-state index in [4.69, 9.17) is 23.2 Å². The predicted octanol–water partition coefficient (Wildman–Crippen LogP) is 2.94. The number of alkyl halides is 2. The topological polar surface area (TPSA) is 41.4 Å². The Morgan fingerprint density at radius 2 is 1.75 bits per heavy atom. The highest BCUT2D eigenvalue weighted by Gasteiger charge is 2.19. The van der Waals surface area contributed by atoms with Crippen molar-refractivity contribution in [2.75, 3.05) is 14.1 Å². The number of rotatable bonds is 3. The molecule has 0 aliphatic rings. The zero-order chi connectivity index (χ0) is 12.3. The maximum Gasteiger partial charge on any atom is 0.269 e. The third-order valence-electron chi connectivity index (χ3n) is 1.46. The number of aromatic nitrogens is 2. The average Bonchev–Trinajstić information content (AvgIpc) is 2.12. The molecule has 4 nitrogen and oxygen atoms in total. The van der Waals surface area contributed by atoms with Crippen LogP contribution in [0.5, 0.6) is 0 Å². The van der Waals surface area contributed by atoms with Crippen LogP contribution in [-0.2, 0) is 0 Å². The number of aliphatic imine (C=N–C) groups is 1. The van der Waals surface area contributed by atoms with Crippen molar-refractivity contribution in [3.05, 3.63) is 15.9 Å². The van der Waals surface area contributed by atoms with E-state index in [1.807, 2.05) is 0 Å². The molecule has 1 aromatic rings. The van der Waals surface area contributed by atoms with E-state index in [1.165, 1.54) is 6.34 Å². The summed E-state index contributed by atoms with van der Waals surface area (Å²) in [5.74, 6) is -0.0619. The summed E-state index contributed by atoms with van der Waals surface area (Å²) in [7, 11) is 3.47. The minimum atomic E-state index is -2.81. The van der Waals surface area contributed by atoms with Gasteiger partial charge in [-0.1, -0.05) is 23.2 Å². The highest BCUT2D eigenvalue weighted by Crippen LogP contribution is 2.32. The van der Waals surface area contributed by atoms with Crippen LogP contribution in [0.15, 0.2) is 4.99 Å². The van der Waals surface area contributed by atoms with E-state index in [9.17, 15) is 8.78 Å². The molecule has 0 N–H and O–H groups in total. The summed E-state index contributed by atoms with van der Waals surface area (Å²) >= 11 is 11.1. The van der Waals surface area contributed by atoms with Crippen molar-refractivity contribution >= 4 is 35.5 Å². The second kappa shape index (κ2) is 5.36. The first-order valence-electron chi connectivity index (χ1n) is 4.13. The summed E-state index contributed by atoms with van der Waals surface area (Å²) < 4.78 is 24.9. The molecular weight excluding hydrogens is 261 g/mol. The van der Waals surface area contributed by atoms with Crippen LogP contribution in [0.4, 0.5) is 14.7 Å². The van der Waals surface area contributed by atoms with Gasteiger partial charge >= 0.3 is 0 Å². The highest BCUT2D eigenvalue weighted by molar-refractivity contribution is 6.34. The van der Waals surface area contributed by atoms with Crippen LogP contribution in [0.3, 0.4) is 0 Å². The van der Waals surface area contributed by atoms with Crippen LogP contribution in [0.1, 0.15) is 12.0 Å². The molecule has 0 aliphatic carbocycles. The first-order chi connectivity index (χ1) is 7.41. The van der Waals surface area contributed by atoms with Crippen molar-refractivity contribution in [3.63, 3.8) is 0 Å². The summed E-state index contributed by atoms with van der Waals surface area (Å²) in [6.07, 6.45) is -1.41. The molecule has 1 aromatic heterocycles. The second-order valence-electron chi connectivity index (χ2n) is 3.03. The first-order valence-corrected chi connectivity index (χ1v) is 4.89. The minimum Gasteiger partial charge on any atom is -0.369 e. The lowest BCUT2D eigenvalue weighted by atomic mass is 10.3. The second-order valence-corrected chi connectivity index (χ2v) is 3.74. The molecule has 1 rings (SSSR count).